The molecule has 1 fully saturated rings. The van der Waals surface area contributed by atoms with Gasteiger partial charge in [0.05, 0.1) is 5.56 Å². The average molecular weight is 339 g/mol. The summed E-state index contributed by atoms with van der Waals surface area (Å²) in [6, 6.07) is 5.86. The van der Waals surface area contributed by atoms with Crippen LogP contribution in [0, 0.1) is 12.3 Å². The third kappa shape index (κ3) is 3.83. The number of nitrogens with zero attached hydrogens (tertiary/aromatic N) is 1. The Morgan fingerprint density at radius 2 is 2.05 bits per heavy atom. The second-order valence-electron chi connectivity index (χ2n) is 6.28. The molecule has 1 aromatic rings. The third-order valence-electron chi connectivity index (χ3n) is 4.24. The van der Waals surface area contributed by atoms with Gasteiger partial charge in [0, 0.05) is 11.0 Å². The summed E-state index contributed by atoms with van der Waals surface area (Å²) in [4.78, 5) is 14.7. The molecule has 0 radical (unpaired) electrons. The Morgan fingerprint density at radius 3 is 2.70 bits per heavy atom. The van der Waals surface area contributed by atoms with E-state index in [1.807, 2.05) is 25.1 Å². The third-order valence-corrected chi connectivity index (χ3v) is 4.93. The van der Waals surface area contributed by atoms with E-state index >= 15 is 0 Å². The molecule has 110 valence electrons. The van der Waals surface area contributed by atoms with Gasteiger partial charge in [-0.3, -0.25) is 4.79 Å². The number of carbonyl (C=O) groups excluding carboxylic acids is 1. The highest BCUT2D eigenvalue weighted by Crippen LogP contribution is 2.29. The molecule has 0 aromatic heterocycles. The van der Waals surface area contributed by atoms with Crippen molar-refractivity contribution in [2.45, 2.75) is 26.7 Å². The van der Waals surface area contributed by atoms with Gasteiger partial charge in [-0.05, 0) is 73.4 Å². The maximum Gasteiger partial charge on any atom is 0.252 e. The normalized spacial score (nSPS) is 18.8. The maximum absolute atomic E-state index is 12.3. The predicted molar refractivity (Wildman–Crippen MR) is 86.1 cm³/mol. The van der Waals surface area contributed by atoms with Gasteiger partial charge in [-0.1, -0.05) is 18.6 Å². The largest absolute Gasteiger partial charge is 0.351 e. The van der Waals surface area contributed by atoms with Crippen LogP contribution in [0.5, 0.6) is 0 Å². The van der Waals surface area contributed by atoms with Gasteiger partial charge in [0.2, 0.25) is 0 Å². The van der Waals surface area contributed by atoms with Crippen molar-refractivity contribution >= 4 is 21.8 Å². The predicted octanol–water partition coefficient (Wildman–Crippen LogP) is 3.22. The molecule has 2 rings (SSSR count). The summed E-state index contributed by atoms with van der Waals surface area (Å²) in [7, 11) is 2.15. The van der Waals surface area contributed by atoms with E-state index in [2.05, 4.69) is 40.1 Å². The Bertz CT molecular complexity index is 493. The van der Waals surface area contributed by atoms with Crippen LogP contribution >= 0.6 is 15.9 Å². The fourth-order valence-electron chi connectivity index (χ4n) is 2.54. The molecule has 1 N–H and O–H groups in total. The molecule has 0 unspecified atom stereocenters. The van der Waals surface area contributed by atoms with Gasteiger partial charge in [-0.2, -0.15) is 0 Å². The van der Waals surface area contributed by atoms with Crippen molar-refractivity contribution in [1.82, 2.24) is 10.2 Å². The molecular weight excluding hydrogens is 316 g/mol. The highest BCUT2D eigenvalue weighted by molar-refractivity contribution is 9.10. The van der Waals surface area contributed by atoms with E-state index in [4.69, 9.17) is 0 Å². The zero-order chi connectivity index (χ0) is 14.8. The Morgan fingerprint density at radius 1 is 1.40 bits per heavy atom. The molecular formula is C16H23BrN2O. The van der Waals surface area contributed by atoms with Crippen LogP contribution < -0.4 is 5.32 Å². The lowest BCUT2D eigenvalue weighted by atomic mass is 9.80. The summed E-state index contributed by atoms with van der Waals surface area (Å²) in [5, 5.41) is 3.10. The van der Waals surface area contributed by atoms with E-state index in [9.17, 15) is 4.79 Å². The van der Waals surface area contributed by atoms with E-state index in [1.165, 1.54) is 0 Å². The molecule has 1 aliphatic rings. The quantitative estimate of drug-likeness (QED) is 0.917. The van der Waals surface area contributed by atoms with Gasteiger partial charge < -0.3 is 10.2 Å². The molecule has 0 atom stereocenters. The Labute approximate surface area is 129 Å². The zero-order valence-electron chi connectivity index (χ0n) is 12.5. The number of amides is 1. The number of likely N-dealkylation sites (tertiary alicyclic amines) is 1. The highest BCUT2D eigenvalue weighted by atomic mass is 79.9. The second-order valence-corrected chi connectivity index (χ2v) is 7.13. The molecule has 0 saturated carbocycles. The number of halogens is 1. The highest BCUT2D eigenvalue weighted by Gasteiger charge is 2.29. The van der Waals surface area contributed by atoms with Crippen molar-refractivity contribution in [3.05, 3.63) is 33.8 Å². The van der Waals surface area contributed by atoms with Crippen LogP contribution in [-0.4, -0.2) is 37.5 Å². The molecule has 0 bridgehead atoms. The van der Waals surface area contributed by atoms with Crippen LogP contribution in [-0.2, 0) is 0 Å². The van der Waals surface area contributed by atoms with Gasteiger partial charge in [0.15, 0.2) is 0 Å². The first-order valence-electron chi connectivity index (χ1n) is 7.13. The van der Waals surface area contributed by atoms with Gasteiger partial charge in [0.25, 0.3) is 5.91 Å². The molecule has 1 aliphatic heterocycles. The summed E-state index contributed by atoms with van der Waals surface area (Å²) in [6.45, 7) is 7.24. The van der Waals surface area contributed by atoms with Crippen molar-refractivity contribution in [3.63, 3.8) is 0 Å². The van der Waals surface area contributed by atoms with Crippen molar-refractivity contribution in [2.24, 2.45) is 5.41 Å². The lowest BCUT2D eigenvalue weighted by Gasteiger charge is -2.38. The Balaban J connectivity index is 1.97. The number of aryl methyl sites for hydroxylation is 1. The lowest BCUT2D eigenvalue weighted by molar-refractivity contribution is 0.0891. The first kappa shape index (κ1) is 15.5. The van der Waals surface area contributed by atoms with E-state index in [1.54, 1.807) is 0 Å². The average Bonchev–Trinajstić information content (AvgIpc) is 2.43. The maximum atomic E-state index is 12.3. The number of nitrogens with one attached hydrogen (secondary N) is 1. The van der Waals surface area contributed by atoms with Gasteiger partial charge in [-0.25, -0.2) is 0 Å². The lowest BCUT2D eigenvalue weighted by Crippen LogP contribution is -2.43. The fourth-order valence-corrected chi connectivity index (χ4v) is 2.96. The molecule has 0 aliphatic carbocycles. The van der Waals surface area contributed by atoms with Gasteiger partial charge in [-0.15, -0.1) is 0 Å². The van der Waals surface area contributed by atoms with Crippen molar-refractivity contribution in [1.29, 1.82) is 0 Å². The van der Waals surface area contributed by atoms with Crippen molar-refractivity contribution in [3.8, 4) is 0 Å². The van der Waals surface area contributed by atoms with E-state index in [0.29, 0.717) is 0 Å². The van der Waals surface area contributed by atoms with E-state index < -0.39 is 0 Å². The molecule has 20 heavy (non-hydrogen) atoms. The zero-order valence-corrected chi connectivity index (χ0v) is 14.1. The van der Waals surface area contributed by atoms with Crippen LogP contribution in [0.2, 0.25) is 0 Å². The Kier molecular flexibility index (Phi) is 4.86. The van der Waals surface area contributed by atoms with Crippen molar-refractivity contribution in [2.75, 3.05) is 26.7 Å². The minimum atomic E-state index is 0.0146. The summed E-state index contributed by atoms with van der Waals surface area (Å²) < 4.78 is 0.856. The number of hydrogen-bond acceptors (Lipinski definition) is 2. The molecule has 1 saturated heterocycles. The van der Waals surface area contributed by atoms with Crippen LogP contribution in [0.1, 0.15) is 35.7 Å². The number of carbonyl (C=O) groups is 1. The minimum Gasteiger partial charge on any atom is -0.351 e. The van der Waals surface area contributed by atoms with Crippen LogP contribution in [0.15, 0.2) is 22.7 Å². The standard InChI is InChI=1S/C16H23BrN2O/c1-12-4-5-14(17)13(10-12)15(20)18-11-16(2)6-8-19(3)9-7-16/h4-5,10H,6-9,11H2,1-3H3,(H,18,20). The van der Waals surface area contributed by atoms with Gasteiger partial charge >= 0.3 is 0 Å². The number of hydrogen-bond donors (Lipinski definition) is 1. The summed E-state index contributed by atoms with van der Waals surface area (Å²) in [6.07, 6.45) is 2.28. The molecule has 1 heterocycles. The Hall–Kier alpha value is -0.870. The van der Waals surface area contributed by atoms with Crippen LogP contribution in [0.25, 0.3) is 0 Å². The topological polar surface area (TPSA) is 32.3 Å². The first-order chi connectivity index (χ1) is 9.39. The summed E-state index contributed by atoms with van der Waals surface area (Å²) in [5.74, 6) is 0.0146. The smallest absolute Gasteiger partial charge is 0.252 e. The SMILES string of the molecule is Cc1ccc(Br)c(C(=O)NCC2(C)CCN(C)CC2)c1. The molecule has 4 heteroatoms. The van der Waals surface area contributed by atoms with Crippen LogP contribution in [0.4, 0.5) is 0 Å². The fraction of sp³-hybridized carbons (Fsp3) is 0.562. The first-order valence-corrected chi connectivity index (χ1v) is 7.92. The summed E-state index contributed by atoms with van der Waals surface area (Å²) >= 11 is 3.45. The second kappa shape index (κ2) is 6.27. The molecule has 3 nitrogen and oxygen atoms in total. The minimum absolute atomic E-state index is 0.0146. The van der Waals surface area contributed by atoms with Gasteiger partial charge in [0.1, 0.15) is 0 Å². The number of rotatable bonds is 3. The summed E-state index contributed by atoms with van der Waals surface area (Å²) in [5.41, 5.74) is 2.05. The molecule has 0 spiro atoms. The monoisotopic (exact) mass is 338 g/mol. The molecule has 1 amide bonds. The van der Waals surface area contributed by atoms with Crippen molar-refractivity contribution < 1.29 is 4.79 Å². The van der Waals surface area contributed by atoms with E-state index in [-0.39, 0.29) is 11.3 Å². The van der Waals surface area contributed by atoms with E-state index in [0.717, 1.165) is 48.1 Å². The number of piperidine rings is 1. The van der Waals surface area contributed by atoms with Crippen LogP contribution in [0.3, 0.4) is 0 Å². The molecule has 1 aromatic carbocycles. The number of benzene rings is 1.